The van der Waals surface area contributed by atoms with Gasteiger partial charge in [0.25, 0.3) is 0 Å². The lowest BCUT2D eigenvalue weighted by atomic mass is 9.95. The highest BCUT2D eigenvalue weighted by molar-refractivity contribution is 5.95. The molecular weight excluding hydrogens is 484 g/mol. The summed E-state index contributed by atoms with van der Waals surface area (Å²) in [5.74, 6) is -1.66. The van der Waals surface area contributed by atoms with E-state index in [0.717, 1.165) is 16.7 Å². The summed E-state index contributed by atoms with van der Waals surface area (Å²) in [5.41, 5.74) is 8.03. The first-order chi connectivity index (χ1) is 17.9. The summed E-state index contributed by atoms with van der Waals surface area (Å²) in [4.78, 5) is 53.8. The Labute approximate surface area is 224 Å². The average Bonchev–Trinajstić information content (AvgIpc) is 3.66. The average molecular weight is 523 g/mol. The van der Waals surface area contributed by atoms with E-state index in [0.29, 0.717) is 18.4 Å². The minimum Gasteiger partial charge on any atom is -0.444 e. The van der Waals surface area contributed by atoms with Gasteiger partial charge in [-0.3, -0.25) is 14.4 Å². The molecule has 3 rings (SSSR count). The molecule has 0 radical (unpaired) electrons. The molecule has 0 aliphatic heterocycles. The maximum Gasteiger partial charge on any atom is 0.408 e. The van der Waals surface area contributed by atoms with Crippen LogP contribution in [0.3, 0.4) is 0 Å². The van der Waals surface area contributed by atoms with Crippen LogP contribution >= 0.6 is 0 Å². The van der Waals surface area contributed by atoms with Crippen LogP contribution in [0.25, 0.3) is 0 Å². The van der Waals surface area contributed by atoms with Gasteiger partial charge in [-0.05, 0) is 64.2 Å². The smallest absolute Gasteiger partial charge is 0.408 e. The number of amides is 4. The number of carbonyl (C=O) groups excluding carboxylic acids is 4. The quantitative estimate of drug-likeness (QED) is 0.440. The second kappa shape index (κ2) is 12.1. The van der Waals surface area contributed by atoms with E-state index in [2.05, 4.69) is 10.6 Å². The van der Waals surface area contributed by atoms with Crippen molar-refractivity contribution in [2.24, 2.45) is 5.73 Å². The molecule has 38 heavy (non-hydrogen) atoms. The summed E-state index contributed by atoms with van der Waals surface area (Å²) in [6, 6.07) is 12.8. The highest BCUT2D eigenvalue weighted by atomic mass is 16.6. The first kappa shape index (κ1) is 28.7. The maximum absolute atomic E-state index is 14.0. The second-order valence-corrected chi connectivity index (χ2v) is 10.8. The number of ether oxygens (including phenoxy) is 1. The molecule has 1 saturated carbocycles. The fourth-order valence-corrected chi connectivity index (χ4v) is 4.26. The first-order valence-electron chi connectivity index (χ1n) is 12.8. The van der Waals surface area contributed by atoms with Crippen molar-refractivity contribution in [3.63, 3.8) is 0 Å². The Kier molecular flexibility index (Phi) is 9.14. The molecule has 2 aromatic carbocycles. The van der Waals surface area contributed by atoms with Crippen LogP contribution < -0.4 is 16.4 Å². The third-order valence-electron chi connectivity index (χ3n) is 6.15. The van der Waals surface area contributed by atoms with Gasteiger partial charge in [0.15, 0.2) is 0 Å². The van der Waals surface area contributed by atoms with Gasteiger partial charge in [-0.25, -0.2) is 4.79 Å². The van der Waals surface area contributed by atoms with Gasteiger partial charge in [0, 0.05) is 12.6 Å². The first-order valence-corrected chi connectivity index (χ1v) is 12.8. The molecule has 0 saturated heterocycles. The number of nitrogens with one attached hydrogen (secondary N) is 2. The zero-order chi connectivity index (χ0) is 28.0. The van der Waals surface area contributed by atoms with Crippen LogP contribution in [-0.4, -0.2) is 46.4 Å². The molecule has 2 aromatic rings. The number of alkyl carbamates (subject to hydrolysis) is 1. The number of hydrogen-bond donors (Lipinski definition) is 3. The van der Waals surface area contributed by atoms with Crippen LogP contribution in [0.2, 0.25) is 0 Å². The van der Waals surface area contributed by atoms with E-state index < -0.39 is 42.0 Å². The van der Waals surface area contributed by atoms with Crippen LogP contribution in [0.5, 0.6) is 0 Å². The van der Waals surface area contributed by atoms with Gasteiger partial charge in [-0.1, -0.05) is 54.1 Å². The normalized spacial score (nSPS) is 14.7. The van der Waals surface area contributed by atoms with Crippen molar-refractivity contribution in [1.82, 2.24) is 15.5 Å². The molecular formula is C29H38N4O5. The Hall–Kier alpha value is -3.88. The van der Waals surface area contributed by atoms with Crippen molar-refractivity contribution in [1.29, 1.82) is 0 Å². The summed E-state index contributed by atoms with van der Waals surface area (Å²) < 4.78 is 5.32. The number of nitrogens with zero attached hydrogens (tertiary/aromatic N) is 1. The molecule has 1 aliphatic rings. The van der Waals surface area contributed by atoms with Gasteiger partial charge in [0.2, 0.25) is 17.7 Å². The second-order valence-electron chi connectivity index (χ2n) is 10.8. The van der Waals surface area contributed by atoms with Gasteiger partial charge >= 0.3 is 6.09 Å². The molecule has 9 heteroatoms. The van der Waals surface area contributed by atoms with Gasteiger partial charge in [-0.15, -0.1) is 0 Å². The minimum absolute atomic E-state index is 0.217. The van der Waals surface area contributed by atoms with E-state index in [1.165, 1.54) is 4.90 Å². The Bertz CT molecular complexity index is 1170. The Balaban J connectivity index is 1.98. The number of benzene rings is 2. The van der Waals surface area contributed by atoms with Crippen LogP contribution in [0, 0.1) is 13.8 Å². The van der Waals surface area contributed by atoms with E-state index in [1.807, 2.05) is 62.4 Å². The fourth-order valence-electron chi connectivity index (χ4n) is 4.26. The number of primary amides is 1. The highest BCUT2D eigenvalue weighted by Gasteiger charge is 2.44. The Morgan fingerprint density at radius 2 is 1.71 bits per heavy atom. The molecule has 0 heterocycles. The molecule has 4 N–H and O–H groups in total. The minimum atomic E-state index is -1.28. The van der Waals surface area contributed by atoms with Crippen LogP contribution in [0.15, 0.2) is 48.5 Å². The van der Waals surface area contributed by atoms with Crippen molar-refractivity contribution in [3.8, 4) is 0 Å². The van der Waals surface area contributed by atoms with E-state index in [1.54, 1.807) is 20.8 Å². The summed E-state index contributed by atoms with van der Waals surface area (Å²) in [6.07, 6.45) is 0.139. The number of hydrogen-bond acceptors (Lipinski definition) is 5. The molecule has 2 unspecified atom stereocenters. The summed E-state index contributed by atoms with van der Waals surface area (Å²) >= 11 is 0. The van der Waals surface area contributed by atoms with Gasteiger partial charge in [-0.2, -0.15) is 0 Å². The molecule has 4 amide bonds. The lowest BCUT2D eigenvalue weighted by molar-refractivity contribution is -0.144. The van der Waals surface area contributed by atoms with E-state index >= 15 is 0 Å². The Morgan fingerprint density at radius 1 is 1.05 bits per heavy atom. The zero-order valence-corrected chi connectivity index (χ0v) is 22.7. The molecule has 2 atom stereocenters. The predicted octanol–water partition coefficient (Wildman–Crippen LogP) is 3.42. The summed E-state index contributed by atoms with van der Waals surface area (Å²) in [7, 11) is 0. The van der Waals surface area contributed by atoms with Gasteiger partial charge in [0.05, 0.1) is 6.42 Å². The highest BCUT2D eigenvalue weighted by Crippen LogP contribution is 2.37. The molecule has 1 aliphatic carbocycles. The van der Waals surface area contributed by atoms with Gasteiger partial charge in [0.1, 0.15) is 17.7 Å². The van der Waals surface area contributed by atoms with E-state index in [9.17, 15) is 19.2 Å². The van der Waals surface area contributed by atoms with Crippen LogP contribution in [0.1, 0.15) is 68.3 Å². The Morgan fingerprint density at radius 3 is 2.29 bits per heavy atom. The van der Waals surface area contributed by atoms with Crippen molar-refractivity contribution < 1.29 is 23.9 Å². The number of rotatable bonds is 10. The third-order valence-corrected chi connectivity index (χ3v) is 6.15. The van der Waals surface area contributed by atoms with E-state index in [4.69, 9.17) is 10.5 Å². The lowest BCUT2D eigenvalue weighted by Gasteiger charge is -2.35. The molecule has 204 valence electrons. The monoisotopic (exact) mass is 522 g/mol. The predicted molar refractivity (Wildman–Crippen MR) is 144 cm³/mol. The standard InChI is InChI=1S/C29H38N4O5/c1-18-11-12-19(2)22(15-18)25(26(35)31-17-20-9-7-6-8-10-20)33(21-13-14-21)27(36)23(16-24(30)34)32-28(37)38-29(3,4)5/h6-12,15,21,23,25H,13-14,16-17H2,1-5H3,(H2,30,34)(H,31,35)(H,32,37). The van der Waals surface area contributed by atoms with Crippen molar-refractivity contribution in [2.75, 3.05) is 0 Å². The molecule has 0 spiro atoms. The summed E-state index contributed by atoms with van der Waals surface area (Å²) in [5, 5.41) is 5.49. The molecule has 1 fully saturated rings. The van der Waals surface area contributed by atoms with Gasteiger partial charge < -0.3 is 26.0 Å². The number of nitrogens with two attached hydrogens (primary N) is 1. The third kappa shape index (κ3) is 8.06. The summed E-state index contributed by atoms with van der Waals surface area (Å²) in [6.45, 7) is 9.19. The van der Waals surface area contributed by atoms with Crippen molar-refractivity contribution >= 4 is 23.8 Å². The largest absolute Gasteiger partial charge is 0.444 e. The van der Waals surface area contributed by atoms with E-state index in [-0.39, 0.29) is 18.5 Å². The van der Waals surface area contributed by atoms with Crippen LogP contribution in [0.4, 0.5) is 4.79 Å². The zero-order valence-electron chi connectivity index (χ0n) is 22.7. The van der Waals surface area contributed by atoms with Crippen molar-refractivity contribution in [2.45, 2.75) is 84.2 Å². The fraction of sp³-hybridized carbons (Fsp3) is 0.448. The number of aryl methyl sites for hydroxylation is 2. The van der Waals surface area contributed by atoms with Crippen LogP contribution in [-0.2, 0) is 25.7 Å². The molecule has 9 nitrogen and oxygen atoms in total. The lowest BCUT2D eigenvalue weighted by Crippen LogP contribution is -2.54. The molecule has 0 bridgehead atoms. The number of carbonyl (C=O) groups is 4. The topological polar surface area (TPSA) is 131 Å². The molecule has 0 aromatic heterocycles. The van der Waals surface area contributed by atoms with Crippen molar-refractivity contribution in [3.05, 3.63) is 70.8 Å². The maximum atomic E-state index is 14.0. The SMILES string of the molecule is Cc1ccc(C)c(C(C(=O)NCc2ccccc2)N(C(=O)C(CC(N)=O)NC(=O)OC(C)(C)C)C2CC2)c1.